The van der Waals surface area contributed by atoms with Crippen LogP contribution in [0.4, 0.5) is 4.39 Å². The quantitative estimate of drug-likeness (QED) is 0.297. The summed E-state index contributed by atoms with van der Waals surface area (Å²) < 4.78 is 26.5. The van der Waals surface area contributed by atoms with Gasteiger partial charge in [0, 0.05) is 22.5 Å². The maximum Gasteiger partial charge on any atom is 0.337 e. The first kappa shape index (κ1) is 22.7. The van der Waals surface area contributed by atoms with Gasteiger partial charge in [-0.1, -0.05) is 23.7 Å². The number of aromatic carboxylic acids is 1. The van der Waals surface area contributed by atoms with Gasteiger partial charge in [0.1, 0.15) is 5.75 Å². The number of carboxylic acids is 1. The van der Waals surface area contributed by atoms with Crippen LogP contribution >= 0.6 is 11.6 Å². The van der Waals surface area contributed by atoms with E-state index in [1.54, 1.807) is 25.3 Å². The highest BCUT2D eigenvalue weighted by molar-refractivity contribution is 6.31. The monoisotopic (exact) mass is 490 g/mol. The average Bonchev–Trinajstić information content (AvgIpc) is 3.16. The first-order valence-corrected chi connectivity index (χ1v) is 11.1. The predicted octanol–water partition coefficient (Wildman–Crippen LogP) is 6.41. The summed E-state index contributed by atoms with van der Waals surface area (Å²) in [5, 5.41) is 11.4. The van der Waals surface area contributed by atoms with E-state index in [1.807, 2.05) is 34.9 Å². The molecule has 0 aliphatic heterocycles. The molecule has 0 aliphatic carbocycles. The van der Waals surface area contributed by atoms with Gasteiger partial charge in [-0.3, -0.25) is 0 Å². The van der Waals surface area contributed by atoms with E-state index < -0.39 is 11.8 Å². The smallest absolute Gasteiger partial charge is 0.337 e. The van der Waals surface area contributed by atoms with E-state index in [0.29, 0.717) is 33.9 Å². The number of carbonyl (C=O) groups is 1. The van der Waals surface area contributed by atoms with Crippen molar-refractivity contribution in [2.45, 2.75) is 6.54 Å². The highest BCUT2D eigenvalue weighted by Gasteiger charge is 2.22. The van der Waals surface area contributed by atoms with Crippen molar-refractivity contribution in [3.8, 4) is 22.8 Å². The number of fused-ring (bicyclic) bond motifs is 3. The fourth-order valence-electron chi connectivity index (χ4n) is 4.26. The summed E-state index contributed by atoms with van der Waals surface area (Å²) in [6, 6.07) is 18.8. The molecule has 0 fully saturated rings. The van der Waals surface area contributed by atoms with Crippen molar-refractivity contribution in [1.82, 2.24) is 9.55 Å². The number of benzene rings is 3. The number of halogens is 2. The van der Waals surface area contributed by atoms with Gasteiger partial charge in [0.25, 0.3) is 0 Å². The zero-order chi connectivity index (χ0) is 24.7. The largest absolute Gasteiger partial charge is 0.497 e. The van der Waals surface area contributed by atoms with Gasteiger partial charge in [0.2, 0.25) is 0 Å². The van der Waals surface area contributed by atoms with E-state index in [0.717, 1.165) is 22.2 Å². The second-order valence-corrected chi connectivity index (χ2v) is 8.44. The molecule has 0 bridgehead atoms. The van der Waals surface area contributed by atoms with Crippen LogP contribution < -0.4 is 9.47 Å². The lowest BCUT2D eigenvalue weighted by atomic mass is 10.1. The highest BCUT2D eigenvalue weighted by atomic mass is 35.5. The zero-order valence-electron chi connectivity index (χ0n) is 18.9. The fourth-order valence-corrected chi connectivity index (χ4v) is 4.43. The highest BCUT2D eigenvalue weighted by Crippen LogP contribution is 2.35. The minimum absolute atomic E-state index is 0.0575. The normalized spacial score (nSPS) is 11.2. The molecule has 2 aromatic heterocycles. The van der Waals surface area contributed by atoms with Crippen molar-refractivity contribution < 1.29 is 23.8 Å². The molecule has 0 saturated heterocycles. The zero-order valence-corrected chi connectivity index (χ0v) is 19.6. The predicted molar refractivity (Wildman–Crippen MR) is 133 cm³/mol. The third-order valence-corrected chi connectivity index (χ3v) is 6.18. The van der Waals surface area contributed by atoms with Crippen molar-refractivity contribution in [3.05, 3.63) is 88.7 Å². The van der Waals surface area contributed by atoms with Crippen LogP contribution in [0.3, 0.4) is 0 Å². The molecule has 35 heavy (non-hydrogen) atoms. The van der Waals surface area contributed by atoms with Gasteiger partial charge in [-0.15, -0.1) is 0 Å². The molecule has 5 aromatic rings. The van der Waals surface area contributed by atoms with Gasteiger partial charge in [-0.25, -0.2) is 14.2 Å². The Bertz CT molecular complexity index is 1600. The Morgan fingerprint density at radius 2 is 1.80 bits per heavy atom. The van der Waals surface area contributed by atoms with Crippen LogP contribution in [0.1, 0.15) is 15.9 Å². The molecule has 0 radical (unpaired) electrons. The van der Waals surface area contributed by atoms with Gasteiger partial charge in [0.15, 0.2) is 11.6 Å². The standard InChI is InChI=1S/C27H20ClFN2O4/c1-34-18-7-3-15(4-8-18)14-31-23-12-17(28)6-9-19(23)25-26(31)20(27(32)33)13-22(30-25)16-5-10-24(35-2)21(29)11-16/h3-13H,14H2,1-2H3,(H,32,33). The number of methoxy groups -OCH3 is 2. The minimum atomic E-state index is -1.11. The maximum absolute atomic E-state index is 14.4. The minimum Gasteiger partial charge on any atom is -0.497 e. The molecule has 2 heterocycles. The van der Waals surface area contributed by atoms with Crippen molar-refractivity contribution in [3.63, 3.8) is 0 Å². The van der Waals surface area contributed by atoms with Crippen molar-refractivity contribution in [2.75, 3.05) is 14.2 Å². The molecular formula is C27H20ClFN2O4. The van der Waals surface area contributed by atoms with Crippen LogP contribution in [0.25, 0.3) is 33.2 Å². The number of ether oxygens (including phenoxy) is 2. The Morgan fingerprint density at radius 1 is 1.03 bits per heavy atom. The van der Waals surface area contributed by atoms with E-state index in [2.05, 4.69) is 0 Å². The van der Waals surface area contributed by atoms with E-state index in [-0.39, 0.29) is 11.3 Å². The van der Waals surface area contributed by atoms with E-state index in [9.17, 15) is 14.3 Å². The van der Waals surface area contributed by atoms with Gasteiger partial charge in [-0.05, 0) is 60.2 Å². The van der Waals surface area contributed by atoms with E-state index in [1.165, 1.54) is 25.3 Å². The number of aromatic nitrogens is 2. The summed E-state index contributed by atoms with van der Waals surface area (Å²) in [5.41, 5.74) is 3.49. The number of hydrogen-bond acceptors (Lipinski definition) is 4. The molecule has 1 N–H and O–H groups in total. The van der Waals surface area contributed by atoms with Gasteiger partial charge < -0.3 is 19.1 Å². The van der Waals surface area contributed by atoms with E-state index >= 15 is 0 Å². The van der Waals surface area contributed by atoms with Crippen LogP contribution in [0, 0.1) is 5.82 Å². The Hall–Kier alpha value is -4.10. The fraction of sp³-hybridized carbons (Fsp3) is 0.111. The summed E-state index contributed by atoms with van der Waals surface area (Å²) in [4.78, 5) is 17.2. The number of nitrogens with zero attached hydrogens (tertiary/aromatic N) is 2. The molecule has 0 saturated carbocycles. The van der Waals surface area contributed by atoms with Crippen molar-refractivity contribution in [1.29, 1.82) is 0 Å². The average molecular weight is 491 g/mol. The maximum atomic E-state index is 14.4. The molecule has 3 aromatic carbocycles. The molecule has 0 spiro atoms. The molecule has 8 heteroatoms. The third-order valence-electron chi connectivity index (χ3n) is 5.95. The number of rotatable bonds is 6. The SMILES string of the molecule is COc1ccc(Cn2c3cc(Cl)ccc3c3nc(-c4ccc(OC)c(F)c4)cc(C(=O)O)c32)cc1. The third kappa shape index (κ3) is 4.04. The molecule has 176 valence electrons. The summed E-state index contributed by atoms with van der Waals surface area (Å²) in [6.07, 6.45) is 0. The number of pyridine rings is 1. The Morgan fingerprint density at radius 3 is 2.46 bits per heavy atom. The van der Waals surface area contributed by atoms with Crippen LogP contribution in [-0.4, -0.2) is 34.8 Å². The lowest BCUT2D eigenvalue weighted by Crippen LogP contribution is -2.06. The van der Waals surface area contributed by atoms with Crippen molar-refractivity contribution >= 4 is 39.5 Å². The molecule has 0 unspecified atom stereocenters. The second-order valence-electron chi connectivity index (χ2n) is 8.00. The first-order valence-electron chi connectivity index (χ1n) is 10.7. The van der Waals surface area contributed by atoms with Crippen LogP contribution in [0.15, 0.2) is 66.7 Å². The Balaban J connectivity index is 1.78. The summed E-state index contributed by atoms with van der Waals surface area (Å²) in [5.74, 6) is -0.850. The van der Waals surface area contributed by atoms with Gasteiger partial charge in [0.05, 0.1) is 42.0 Å². The van der Waals surface area contributed by atoms with Gasteiger partial charge in [-0.2, -0.15) is 0 Å². The summed E-state index contributed by atoms with van der Waals surface area (Å²) >= 11 is 6.32. The molecule has 5 rings (SSSR count). The Kier molecular flexibility index (Phi) is 5.78. The van der Waals surface area contributed by atoms with Crippen LogP contribution in [0.5, 0.6) is 11.5 Å². The lowest BCUT2D eigenvalue weighted by molar-refractivity contribution is 0.0698. The topological polar surface area (TPSA) is 73.6 Å². The summed E-state index contributed by atoms with van der Waals surface area (Å²) in [6.45, 7) is 0.392. The number of hydrogen-bond donors (Lipinski definition) is 1. The van der Waals surface area contributed by atoms with Crippen LogP contribution in [-0.2, 0) is 6.54 Å². The molecular weight excluding hydrogens is 471 g/mol. The number of carboxylic acid groups (broad SMARTS) is 1. The van der Waals surface area contributed by atoms with Crippen molar-refractivity contribution in [2.24, 2.45) is 0 Å². The molecule has 0 aliphatic rings. The second kappa shape index (κ2) is 8.92. The van der Waals surface area contributed by atoms with Crippen LogP contribution in [0.2, 0.25) is 5.02 Å². The van der Waals surface area contributed by atoms with E-state index in [4.69, 9.17) is 26.1 Å². The lowest BCUT2D eigenvalue weighted by Gasteiger charge is -2.11. The molecule has 0 amide bonds. The van der Waals surface area contributed by atoms with Gasteiger partial charge >= 0.3 is 5.97 Å². The Labute approximate surface area is 205 Å². The first-order chi connectivity index (χ1) is 16.9. The molecule has 6 nitrogen and oxygen atoms in total. The molecule has 0 atom stereocenters. The summed E-state index contributed by atoms with van der Waals surface area (Å²) in [7, 11) is 2.98.